The molecule has 9 heteroatoms. The van der Waals surface area contributed by atoms with Crippen molar-refractivity contribution in [1.82, 2.24) is 19.9 Å². The maximum absolute atomic E-state index is 14.2. The first-order valence-electron chi connectivity index (χ1n) is 7.06. The molecular formula is C16H8ClF2N5S. The fourth-order valence-electron chi connectivity index (χ4n) is 2.27. The fourth-order valence-corrected chi connectivity index (χ4v) is 3.66. The average Bonchev–Trinajstić information content (AvgIpc) is 3.04. The van der Waals surface area contributed by atoms with E-state index in [1.807, 2.05) is 0 Å². The molecule has 0 saturated heterocycles. The molecule has 3 aromatic heterocycles. The summed E-state index contributed by atoms with van der Waals surface area (Å²) < 4.78 is 28.7. The Morgan fingerprint density at radius 3 is 2.72 bits per heavy atom. The Morgan fingerprint density at radius 1 is 1.08 bits per heavy atom. The molecule has 0 saturated carbocycles. The molecule has 0 fully saturated rings. The summed E-state index contributed by atoms with van der Waals surface area (Å²) in [4.78, 5) is 16.1. The van der Waals surface area contributed by atoms with E-state index in [0.717, 1.165) is 17.5 Å². The van der Waals surface area contributed by atoms with E-state index in [0.29, 0.717) is 16.3 Å². The summed E-state index contributed by atoms with van der Waals surface area (Å²) in [6.07, 6.45) is 3.99. The van der Waals surface area contributed by atoms with Crippen LogP contribution in [0.4, 0.5) is 20.4 Å². The molecule has 5 nitrogen and oxygen atoms in total. The van der Waals surface area contributed by atoms with Crippen molar-refractivity contribution in [3.8, 4) is 10.6 Å². The van der Waals surface area contributed by atoms with E-state index in [2.05, 4.69) is 25.3 Å². The Hall–Kier alpha value is -2.71. The van der Waals surface area contributed by atoms with Crippen LogP contribution in [0, 0.1) is 11.6 Å². The van der Waals surface area contributed by atoms with Gasteiger partial charge in [-0.3, -0.25) is 0 Å². The van der Waals surface area contributed by atoms with Gasteiger partial charge in [-0.25, -0.2) is 28.7 Å². The van der Waals surface area contributed by atoms with Crippen molar-refractivity contribution in [3.63, 3.8) is 0 Å². The zero-order valence-corrected chi connectivity index (χ0v) is 13.9. The Bertz CT molecular complexity index is 1050. The summed E-state index contributed by atoms with van der Waals surface area (Å²) in [7, 11) is 0. The van der Waals surface area contributed by atoms with E-state index < -0.39 is 11.6 Å². The van der Waals surface area contributed by atoms with Gasteiger partial charge in [0, 0.05) is 6.20 Å². The highest BCUT2D eigenvalue weighted by atomic mass is 35.5. The van der Waals surface area contributed by atoms with Crippen molar-refractivity contribution < 1.29 is 8.78 Å². The predicted octanol–water partition coefficient (Wildman–Crippen LogP) is 4.82. The first kappa shape index (κ1) is 15.8. The van der Waals surface area contributed by atoms with E-state index >= 15 is 0 Å². The lowest BCUT2D eigenvalue weighted by Crippen LogP contribution is -1.97. The first-order valence-corrected chi connectivity index (χ1v) is 8.25. The molecule has 0 unspecified atom stereocenters. The summed E-state index contributed by atoms with van der Waals surface area (Å²) in [5, 5.41) is 3.46. The summed E-state index contributed by atoms with van der Waals surface area (Å²) in [5.41, 5.74) is 0.226. The van der Waals surface area contributed by atoms with Gasteiger partial charge in [-0.05, 0) is 18.2 Å². The van der Waals surface area contributed by atoms with Crippen LogP contribution in [-0.4, -0.2) is 19.9 Å². The Labute approximate surface area is 149 Å². The second-order valence-electron chi connectivity index (χ2n) is 4.97. The lowest BCUT2D eigenvalue weighted by molar-refractivity contribution is 0.629. The summed E-state index contributed by atoms with van der Waals surface area (Å²) >= 11 is 7.18. The van der Waals surface area contributed by atoms with Crippen LogP contribution in [0.5, 0.6) is 0 Å². The van der Waals surface area contributed by atoms with Crippen molar-refractivity contribution in [2.45, 2.75) is 0 Å². The van der Waals surface area contributed by atoms with Gasteiger partial charge < -0.3 is 5.32 Å². The molecule has 124 valence electrons. The molecule has 0 bridgehead atoms. The SMILES string of the molecule is Fc1cccc(Cl)c1-c1nc2c(F)cnc(Nc3ccncn3)c2s1. The van der Waals surface area contributed by atoms with Crippen LogP contribution < -0.4 is 5.32 Å². The lowest BCUT2D eigenvalue weighted by Gasteiger charge is -2.04. The van der Waals surface area contributed by atoms with E-state index in [9.17, 15) is 8.78 Å². The van der Waals surface area contributed by atoms with E-state index in [1.165, 1.54) is 18.5 Å². The molecule has 3 heterocycles. The molecule has 1 N–H and O–H groups in total. The van der Waals surface area contributed by atoms with Crippen LogP contribution >= 0.6 is 22.9 Å². The minimum Gasteiger partial charge on any atom is -0.324 e. The zero-order valence-electron chi connectivity index (χ0n) is 12.4. The molecule has 0 aliphatic rings. The quantitative estimate of drug-likeness (QED) is 0.556. The normalized spacial score (nSPS) is 11.0. The molecule has 0 radical (unpaired) electrons. The molecule has 0 atom stereocenters. The number of benzene rings is 1. The Kier molecular flexibility index (Phi) is 3.98. The number of nitrogens with one attached hydrogen (secondary N) is 1. The maximum Gasteiger partial charge on any atom is 0.168 e. The largest absolute Gasteiger partial charge is 0.324 e. The number of aromatic nitrogens is 4. The Balaban J connectivity index is 1.88. The zero-order chi connectivity index (χ0) is 17.4. The van der Waals surface area contributed by atoms with Crippen LogP contribution in [0.3, 0.4) is 0 Å². The van der Waals surface area contributed by atoms with Crippen LogP contribution in [0.1, 0.15) is 0 Å². The minimum absolute atomic E-state index is 0.0888. The van der Waals surface area contributed by atoms with E-state index in [-0.39, 0.29) is 21.1 Å². The molecule has 0 spiro atoms. The minimum atomic E-state index is -0.599. The van der Waals surface area contributed by atoms with Gasteiger partial charge in [0.1, 0.15) is 33.2 Å². The van der Waals surface area contributed by atoms with Gasteiger partial charge in [-0.2, -0.15) is 0 Å². The van der Waals surface area contributed by atoms with E-state index in [1.54, 1.807) is 18.3 Å². The van der Waals surface area contributed by atoms with Crippen molar-refractivity contribution in [1.29, 1.82) is 0 Å². The third kappa shape index (κ3) is 2.90. The molecule has 4 rings (SSSR count). The fraction of sp³-hybridized carbons (Fsp3) is 0. The van der Waals surface area contributed by atoms with Crippen molar-refractivity contribution in [2.24, 2.45) is 0 Å². The van der Waals surface area contributed by atoms with Crippen molar-refractivity contribution in [2.75, 3.05) is 5.32 Å². The maximum atomic E-state index is 14.2. The van der Waals surface area contributed by atoms with Crippen LogP contribution in [-0.2, 0) is 0 Å². The number of halogens is 3. The third-order valence-electron chi connectivity index (χ3n) is 3.38. The van der Waals surface area contributed by atoms with Gasteiger partial charge in [-0.1, -0.05) is 17.7 Å². The average molecular weight is 376 g/mol. The summed E-state index contributed by atoms with van der Waals surface area (Å²) in [5.74, 6) is -0.260. The molecule has 1 aromatic carbocycles. The number of fused-ring (bicyclic) bond motifs is 1. The highest BCUT2D eigenvalue weighted by Gasteiger charge is 2.19. The molecule has 0 aliphatic carbocycles. The van der Waals surface area contributed by atoms with Gasteiger partial charge in [0.25, 0.3) is 0 Å². The smallest absolute Gasteiger partial charge is 0.168 e. The number of rotatable bonds is 3. The van der Waals surface area contributed by atoms with Crippen LogP contribution in [0.25, 0.3) is 20.8 Å². The predicted molar refractivity (Wildman–Crippen MR) is 93.1 cm³/mol. The van der Waals surface area contributed by atoms with Gasteiger partial charge in [0.2, 0.25) is 0 Å². The van der Waals surface area contributed by atoms with Gasteiger partial charge in [-0.15, -0.1) is 11.3 Å². The molecular weight excluding hydrogens is 368 g/mol. The van der Waals surface area contributed by atoms with Gasteiger partial charge >= 0.3 is 0 Å². The lowest BCUT2D eigenvalue weighted by atomic mass is 10.2. The molecule has 0 aliphatic heterocycles. The number of anilines is 2. The van der Waals surface area contributed by atoms with Crippen molar-refractivity contribution in [3.05, 3.63) is 59.6 Å². The summed E-state index contributed by atoms with van der Waals surface area (Å²) in [6.45, 7) is 0. The highest BCUT2D eigenvalue weighted by molar-refractivity contribution is 7.22. The standard InChI is InChI=1S/C16H8ClF2N5S/c17-8-2-1-3-9(18)12(8)16-24-13-10(19)6-21-15(14(13)25-16)23-11-4-5-20-7-22-11/h1-7H,(H,20,21,22,23). The van der Waals surface area contributed by atoms with Gasteiger partial charge in [0.15, 0.2) is 11.6 Å². The highest BCUT2D eigenvalue weighted by Crippen LogP contribution is 2.39. The first-order chi connectivity index (χ1) is 12.1. The molecule has 25 heavy (non-hydrogen) atoms. The van der Waals surface area contributed by atoms with E-state index in [4.69, 9.17) is 11.6 Å². The summed E-state index contributed by atoms with van der Waals surface area (Å²) in [6, 6.07) is 5.98. The number of hydrogen-bond acceptors (Lipinski definition) is 6. The second-order valence-corrected chi connectivity index (χ2v) is 6.37. The Morgan fingerprint density at radius 2 is 1.96 bits per heavy atom. The third-order valence-corrected chi connectivity index (χ3v) is 4.78. The van der Waals surface area contributed by atoms with Crippen LogP contribution in [0.2, 0.25) is 5.02 Å². The molecule has 0 amide bonds. The number of hydrogen-bond donors (Lipinski definition) is 1. The topological polar surface area (TPSA) is 63.6 Å². The second kappa shape index (κ2) is 6.30. The number of thiazole rings is 1. The monoisotopic (exact) mass is 375 g/mol. The number of nitrogens with zero attached hydrogens (tertiary/aromatic N) is 4. The molecule has 4 aromatic rings. The van der Waals surface area contributed by atoms with Crippen LogP contribution in [0.15, 0.2) is 43.0 Å². The van der Waals surface area contributed by atoms with Gasteiger partial charge in [0.05, 0.1) is 16.8 Å². The van der Waals surface area contributed by atoms with Crippen molar-refractivity contribution >= 4 is 44.8 Å². The number of pyridine rings is 1.